The van der Waals surface area contributed by atoms with Crippen molar-refractivity contribution < 1.29 is 37.7 Å². The first-order valence-corrected chi connectivity index (χ1v) is 9.02. The highest BCUT2D eigenvalue weighted by atomic mass is 35.5. The highest BCUT2D eigenvalue weighted by molar-refractivity contribution is 6.17. The Kier molecular flexibility index (Phi) is 9.38. The number of hydrogen-bond acceptors (Lipinski definition) is 4. The Morgan fingerprint density at radius 3 is 2.37 bits per heavy atom. The number of carboxylic acid groups (broad SMARTS) is 2. The van der Waals surface area contributed by atoms with E-state index in [1.807, 2.05) is 35.9 Å². The van der Waals surface area contributed by atoms with E-state index < -0.39 is 18.1 Å². The van der Waals surface area contributed by atoms with E-state index in [1.54, 1.807) is 19.5 Å². The molecule has 0 aliphatic rings. The van der Waals surface area contributed by atoms with Crippen molar-refractivity contribution in [2.75, 3.05) is 13.0 Å². The molecule has 0 unspecified atom stereocenters. The molecule has 30 heavy (non-hydrogen) atoms. The molecule has 11 heteroatoms. The molecule has 0 radical (unpaired) electrons. The summed E-state index contributed by atoms with van der Waals surface area (Å²) in [5, 5.41) is 16.4. The van der Waals surface area contributed by atoms with Crippen molar-refractivity contribution in [3.63, 3.8) is 0 Å². The average molecular weight is 449 g/mol. The average Bonchev–Trinajstić information content (AvgIpc) is 3.10. The molecule has 7 nitrogen and oxygen atoms in total. The van der Waals surface area contributed by atoms with Crippen LogP contribution in [0, 0.1) is 6.92 Å². The fourth-order valence-electron chi connectivity index (χ4n) is 2.25. The summed E-state index contributed by atoms with van der Waals surface area (Å²) in [5.41, 5.74) is 2.86. The maximum atomic E-state index is 11.3. The van der Waals surface area contributed by atoms with Gasteiger partial charge in [0, 0.05) is 17.6 Å². The number of aliphatic carboxylic acids is 2. The molecule has 0 saturated carbocycles. The predicted octanol–water partition coefficient (Wildman–Crippen LogP) is 4.31. The second kappa shape index (κ2) is 11.2. The van der Waals surface area contributed by atoms with E-state index >= 15 is 0 Å². The van der Waals surface area contributed by atoms with Gasteiger partial charge in [-0.3, -0.25) is 0 Å². The van der Waals surface area contributed by atoms with Gasteiger partial charge in [0.15, 0.2) is 0 Å². The molecular weight excluding hydrogens is 429 g/mol. The number of imidazole rings is 1. The molecule has 0 fully saturated rings. The third-order valence-electron chi connectivity index (χ3n) is 3.63. The third kappa shape index (κ3) is 7.78. The molecule has 0 saturated heterocycles. The normalized spacial score (nSPS) is 11.5. The number of methoxy groups -OCH3 is 1. The van der Waals surface area contributed by atoms with Crippen LogP contribution in [0.4, 0.5) is 13.2 Å². The summed E-state index contributed by atoms with van der Waals surface area (Å²) in [6, 6.07) is 5.55. The van der Waals surface area contributed by atoms with E-state index in [4.69, 9.17) is 26.2 Å². The molecule has 0 spiro atoms. The number of carbonyl (C=O) groups is 2. The highest BCUT2D eigenvalue weighted by Gasteiger charge is 2.38. The van der Waals surface area contributed by atoms with Crippen LogP contribution in [0.25, 0.3) is 11.8 Å². The molecule has 2 aromatic rings. The van der Waals surface area contributed by atoms with Crippen LogP contribution in [0.1, 0.15) is 24.1 Å². The van der Waals surface area contributed by atoms with Crippen molar-refractivity contribution in [2.24, 2.45) is 0 Å². The number of benzene rings is 1. The summed E-state index contributed by atoms with van der Waals surface area (Å²) in [7, 11) is 1.59. The molecule has 0 aliphatic heterocycles. The molecular formula is C19H20ClF3N2O5. The fraction of sp³-hybridized carbons (Fsp3) is 0.316. The second-order valence-electron chi connectivity index (χ2n) is 5.92. The van der Waals surface area contributed by atoms with Crippen LogP contribution in [-0.4, -0.2) is 50.9 Å². The molecule has 164 valence electrons. The van der Waals surface area contributed by atoms with E-state index in [1.165, 1.54) is 0 Å². The van der Waals surface area contributed by atoms with Gasteiger partial charge in [0.05, 0.1) is 24.8 Å². The van der Waals surface area contributed by atoms with E-state index in [0.717, 1.165) is 16.9 Å². The first-order chi connectivity index (χ1) is 14.0. The van der Waals surface area contributed by atoms with Gasteiger partial charge in [0.1, 0.15) is 5.75 Å². The minimum Gasteiger partial charge on any atom is -0.495 e. The van der Waals surface area contributed by atoms with Crippen LogP contribution in [-0.2, 0) is 9.59 Å². The van der Waals surface area contributed by atoms with Crippen molar-refractivity contribution >= 4 is 29.6 Å². The first-order valence-electron chi connectivity index (χ1n) is 8.48. The summed E-state index contributed by atoms with van der Waals surface area (Å²) in [6.07, 6.45) is 1.25. The Morgan fingerprint density at radius 1 is 1.30 bits per heavy atom. The minimum absolute atomic E-state index is 0.332. The number of ether oxygens (including phenoxy) is 1. The summed E-state index contributed by atoms with van der Waals surface area (Å²) in [6.45, 7) is 1.91. The maximum absolute atomic E-state index is 11.3. The van der Waals surface area contributed by atoms with E-state index in [-0.39, 0.29) is 0 Å². The van der Waals surface area contributed by atoms with E-state index in [2.05, 4.69) is 4.98 Å². The number of nitrogens with zero attached hydrogens (tertiary/aromatic N) is 2. The Hall–Kier alpha value is -3.01. The molecule has 0 aliphatic carbocycles. The van der Waals surface area contributed by atoms with Crippen LogP contribution >= 0.6 is 11.6 Å². The smallest absolute Gasteiger partial charge is 0.490 e. The van der Waals surface area contributed by atoms with Crippen LogP contribution in [0.5, 0.6) is 5.75 Å². The Morgan fingerprint density at radius 2 is 1.93 bits per heavy atom. The SMILES string of the molecule is COc1cc(/C=C(/CCCCl)C(=O)O)ccc1-n1cnc(C)c1.O=C(O)C(F)(F)F. The molecule has 0 atom stereocenters. The molecule has 2 rings (SSSR count). The monoisotopic (exact) mass is 448 g/mol. The van der Waals surface area contributed by atoms with Crippen LogP contribution in [0.2, 0.25) is 0 Å². The quantitative estimate of drug-likeness (QED) is 0.483. The van der Waals surface area contributed by atoms with Gasteiger partial charge in [-0.05, 0) is 43.5 Å². The number of alkyl halides is 4. The number of rotatable bonds is 7. The van der Waals surface area contributed by atoms with Crippen molar-refractivity contribution in [1.82, 2.24) is 9.55 Å². The second-order valence-corrected chi connectivity index (χ2v) is 6.30. The number of hydrogen-bond donors (Lipinski definition) is 2. The van der Waals surface area contributed by atoms with Gasteiger partial charge in [0.2, 0.25) is 0 Å². The molecule has 0 bridgehead atoms. The molecule has 1 aromatic carbocycles. The van der Waals surface area contributed by atoms with Crippen molar-refractivity contribution in [3.05, 3.63) is 47.6 Å². The number of aromatic nitrogens is 2. The number of aryl methyl sites for hydroxylation is 1. The summed E-state index contributed by atoms with van der Waals surface area (Å²) < 4.78 is 39.0. The molecule has 2 N–H and O–H groups in total. The number of carboxylic acids is 2. The van der Waals surface area contributed by atoms with Crippen LogP contribution in [0.15, 0.2) is 36.3 Å². The fourth-order valence-corrected chi connectivity index (χ4v) is 2.38. The predicted molar refractivity (Wildman–Crippen MR) is 104 cm³/mol. The first kappa shape index (κ1) is 25.0. The standard InChI is InChI=1S/C17H19ClN2O3.C2HF3O2/c1-12-10-20(11-19-12)15-6-5-13(9-16(15)23-2)8-14(17(21)22)4-3-7-18;3-2(4,5)1(6)7/h5-6,8-11H,3-4,7H2,1-2H3,(H,21,22);(H,6,7)/b14-8-;. The maximum Gasteiger partial charge on any atom is 0.490 e. The van der Waals surface area contributed by atoms with Crippen molar-refractivity contribution in [3.8, 4) is 11.4 Å². The van der Waals surface area contributed by atoms with Gasteiger partial charge < -0.3 is 19.5 Å². The molecule has 0 amide bonds. The van der Waals surface area contributed by atoms with Gasteiger partial charge in [-0.2, -0.15) is 13.2 Å². The van der Waals surface area contributed by atoms with Crippen LogP contribution < -0.4 is 4.74 Å². The zero-order valence-corrected chi connectivity index (χ0v) is 16.9. The van der Waals surface area contributed by atoms with Gasteiger partial charge in [-0.1, -0.05) is 6.07 Å². The lowest BCUT2D eigenvalue weighted by atomic mass is 10.1. The Bertz CT molecular complexity index is 910. The van der Waals surface area contributed by atoms with Crippen molar-refractivity contribution in [1.29, 1.82) is 0 Å². The van der Waals surface area contributed by atoms with Gasteiger partial charge in [-0.15, -0.1) is 11.6 Å². The topological polar surface area (TPSA) is 102 Å². The molecule has 1 heterocycles. The van der Waals surface area contributed by atoms with Gasteiger partial charge in [-0.25, -0.2) is 14.6 Å². The van der Waals surface area contributed by atoms with E-state index in [9.17, 15) is 23.1 Å². The Balaban J connectivity index is 0.000000553. The number of halogens is 4. The summed E-state index contributed by atoms with van der Waals surface area (Å²) in [4.78, 5) is 24.4. The zero-order valence-electron chi connectivity index (χ0n) is 16.1. The zero-order chi connectivity index (χ0) is 22.9. The summed E-state index contributed by atoms with van der Waals surface area (Å²) >= 11 is 5.64. The van der Waals surface area contributed by atoms with Gasteiger partial charge in [0.25, 0.3) is 0 Å². The highest BCUT2D eigenvalue weighted by Crippen LogP contribution is 2.26. The van der Waals surface area contributed by atoms with Crippen LogP contribution in [0.3, 0.4) is 0 Å². The Labute approximate surface area is 175 Å². The lowest BCUT2D eigenvalue weighted by Crippen LogP contribution is -2.21. The lowest BCUT2D eigenvalue weighted by molar-refractivity contribution is -0.192. The van der Waals surface area contributed by atoms with E-state index in [0.29, 0.717) is 30.0 Å². The van der Waals surface area contributed by atoms with Crippen molar-refractivity contribution in [2.45, 2.75) is 25.9 Å². The minimum atomic E-state index is -5.08. The lowest BCUT2D eigenvalue weighted by Gasteiger charge is -2.10. The largest absolute Gasteiger partial charge is 0.495 e. The van der Waals surface area contributed by atoms with Gasteiger partial charge >= 0.3 is 18.1 Å². The molecule has 1 aromatic heterocycles. The third-order valence-corrected chi connectivity index (χ3v) is 3.90. The summed E-state index contributed by atoms with van der Waals surface area (Å²) in [5.74, 6) is -2.60.